The van der Waals surface area contributed by atoms with Gasteiger partial charge in [0.05, 0.1) is 30.5 Å². The van der Waals surface area contributed by atoms with Crippen molar-refractivity contribution in [2.45, 2.75) is 90.5 Å². The predicted molar refractivity (Wildman–Crippen MR) is 162 cm³/mol. The Kier molecular flexibility index (Phi) is 17.1. The Balaban J connectivity index is 0.00000560. The summed E-state index contributed by atoms with van der Waals surface area (Å²) in [5.74, 6) is 1.32. The van der Waals surface area contributed by atoms with E-state index in [2.05, 4.69) is 22.1 Å². The Bertz CT molecular complexity index is 1090. The van der Waals surface area contributed by atoms with E-state index in [0.717, 1.165) is 24.1 Å². The number of para-hydroxylation sites is 1. The Morgan fingerprint density at radius 1 is 0.850 bits per heavy atom. The molecule has 3 aromatic rings. The van der Waals surface area contributed by atoms with Gasteiger partial charge in [-0.15, -0.1) is 0 Å². The highest BCUT2D eigenvalue weighted by molar-refractivity contribution is 7.07. The average molecular weight is 633 g/mol. The van der Waals surface area contributed by atoms with E-state index in [1.54, 1.807) is 18.4 Å². The smallest absolute Gasteiger partial charge is 0.323 e. The van der Waals surface area contributed by atoms with Crippen LogP contribution in [-0.2, 0) is 6.54 Å². The van der Waals surface area contributed by atoms with Gasteiger partial charge in [0.2, 0.25) is 5.51 Å². The predicted octanol–water partition coefficient (Wildman–Crippen LogP) is 5.82. The number of hydrogen-bond donors (Lipinski definition) is 2. The standard InChI is InChI=1S/C32H45N3O3S.BrH/c1-3-4-5-6-7-8-9-10-11-12-13-16-22-38-31-24-28(37-2)19-20-30(31)34-32(36)33-29-18-15-14-17-27(29)25-35-21-23-39-26-35;/h14-15,17-21,23-24,26H,3-13,16,22,25H2,1-2H3,(H-,33,34,36);1H. The molecule has 2 amide bonds. The van der Waals surface area contributed by atoms with Crippen molar-refractivity contribution in [3.63, 3.8) is 0 Å². The molecule has 0 saturated heterocycles. The zero-order valence-electron chi connectivity index (χ0n) is 24.1. The van der Waals surface area contributed by atoms with E-state index in [4.69, 9.17) is 9.47 Å². The van der Waals surface area contributed by atoms with Crippen LogP contribution in [0.2, 0.25) is 0 Å². The van der Waals surface area contributed by atoms with E-state index in [1.807, 2.05) is 59.6 Å². The molecule has 8 heteroatoms. The van der Waals surface area contributed by atoms with E-state index in [0.29, 0.717) is 30.3 Å². The first-order chi connectivity index (χ1) is 19.2. The summed E-state index contributed by atoms with van der Waals surface area (Å²) in [5.41, 5.74) is 4.49. The number of amides is 2. The van der Waals surface area contributed by atoms with Crippen molar-refractivity contribution in [3.8, 4) is 11.5 Å². The number of nitrogens with zero attached hydrogens (tertiary/aromatic N) is 1. The lowest BCUT2D eigenvalue weighted by molar-refractivity contribution is -0.683. The average Bonchev–Trinajstić information content (AvgIpc) is 3.46. The van der Waals surface area contributed by atoms with Crippen LogP contribution in [0, 0.1) is 0 Å². The summed E-state index contributed by atoms with van der Waals surface area (Å²) in [6.07, 6.45) is 17.7. The molecular weight excluding hydrogens is 586 g/mol. The summed E-state index contributed by atoms with van der Waals surface area (Å²) in [4.78, 5) is 12.9. The number of aromatic nitrogens is 1. The van der Waals surface area contributed by atoms with Gasteiger partial charge in [0.15, 0.2) is 12.7 Å². The number of carbonyl (C=O) groups is 1. The molecule has 1 aromatic heterocycles. The van der Waals surface area contributed by atoms with Crippen molar-refractivity contribution in [1.82, 2.24) is 0 Å². The van der Waals surface area contributed by atoms with Gasteiger partial charge in [0.25, 0.3) is 0 Å². The zero-order chi connectivity index (χ0) is 27.5. The van der Waals surface area contributed by atoms with E-state index < -0.39 is 0 Å². The molecule has 1 heterocycles. The zero-order valence-corrected chi connectivity index (χ0v) is 26.5. The lowest BCUT2D eigenvalue weighted by Gasteiger charge is -2.15. The lowest BCUT2D eigenvalue weighted by Crippen LogP contribution is -3.00. The molecule has 2 N–H and O–H groups in total. The van der Waals surface area contributed by atoms with Crippen LogP contribution in [0.5, 0.6) is 11.5 Å². The molecule has 0 aliphatic heterocycles. The van der Waals surface area contributed by atoms with Gasteiger partial charge < -0.3 is 37.1 Å². The number of nitrogens with one attached hydrogen (secondary N) is 2. The monoisotopic (exact) mass is 631 g/mol. The molecule has 3 rings (SSSR count). The summed E-state index contributed by atoms with van der Waals surface area (Å²) in [5, 5.41) is 7.99. The van der Waals surface area contributed by atoms with Crippen molar-refractivity contribution in [1.29, 1.82) is 0 Å². The van der Waals surface area contributed by atoms with Crippen molar-refractivity contribution in [3.05, 3.63) is 65.1 Å². The highest BCUT2D eigenvalue weighted by Gasteiger charge is 2.13. The van der Waals surface area contributed by atoms with Crippen molar-refractivity contribution in [2.24, 2.45) is 0 Å². The maximum atomic E-state index is 12.9. The SMILES string of the molecule is CCCCCCCCCCCCCCOc1cc(OC)ccc1NC(=O)Nc1ccccc1C[n+]1ccsc1.[Br-]. The van der Waals surface area contributed by atoms with Crippen LogP contribution in [0.3, 0.4) is 0 Å². The highest BCUT2D eigenvalue weighted by Crippen LogP contribution is 2.30. The number of ether oxygens (including phenoxy) is 2. The molecule has 40 heavy (non-hydrogen) atoms. The van der Waals surface area contributed by atoms with Crippen molar-refractivity contribution in [2.75, 3.05) is 24.4 Å². The number of hydrogen-bond acceptors (Lipinski definition) is 4. The molecule has 220 valence electrons. The van der Waals surface area contributed by atoms with E-state index in [9.17, 15) is 4.79 Å². The van der Waals surface area contributed by atoms with Crippen LogP contribution in [0.4, 0.5) is 16.2 Å². The lowest BCUT2D eigenvalue weighted by atomic mass is 10.1. The summed E-state index contributed by atoms with van der Waals surface area (Å²) >= 11 is 1.64. The minimum Gasteiger partial charge on any atom is -1.00 e. The topological polar surface area (TPSA) is 63.5 Å². The first kappa shape index (κ1) is 33.6. The molecular formula is C32H46BrN3O3S. The number of benzene rings is 2. The molecule has 2 aromatic carbocycles. The summed E-state index contributed by atoms with van der Waals surface area (Å²) < 4.78 is 13.6. The molecule has 0 radical (unpaired) electrons. The van der Waals surface area contributed by atoms with Gasteiger partial charge in [-0.3, -0.25) is 0 Å². The third kappa shape index (κ3) is 12.7. The minimum absolute atomic E-state index is 0. The quantitative estimate of drug-likeness (QED) is 0.129. The number of urea groups is 1. The van der Waals surface area contributed by atoms with Crippen LogP contribution < -0.4 is 41.7 Å². The second-order valence-electron chi connectivity index (χ2n) is 10.0. The van der Waals surface area contributed by atoms with E-state index >= 15 is 0 Å². The number of methoxy groups -OCH3 is 1. The van der Waals surface area contributed by atoms with Crippen LogP contribution in [-0.4, -0.2) is 19.7 Å². The third-order valence-electron chi connectivity index (χ3n) is 6.84. The van der Waals surface area contributed by atoms with Crippen LogP contribution in [0.1, 0.15) is 89.5 Å². The molecule has 0 fully saturated rings. The van der Waals surface area contributed by atoms with Crippen molar-refractivity contribution < 1.29 is 35.8 Å². The Morgan fingerprint density at radius 2 is 1.50 bits per heavy atom. The van der Waals surface area contributed by atoms with Gasteiger partial charge >= 0.3 is 6.03 Å². The fourth-order valence-corrected chi connectivity index (χ4v) is 5.18. The molecule has 0 unspecified atom stereocenters. The molecule has 0 spiro atoms. The van der Waals surface area contributed by atoms with Crippen LogP contribution in [0.15, 0.2) is 59.6 Å². The molecule has 0 aliphatic rings. The van der Waals surface area contributed by atoms with Crippen molar-refractivity contribution >= 4 is 28.7 Å². The normalized spacial score (nSPS) is 10.6. The number of rotatable bonds is 19. The number of unbranched alkanes of at least 4 members (excludes halogenated alkanes) is 11. The van der Waals surface area contributed by atoms with Crippen LogP contribution in [0.25, 0.3) is 0 Å². The summed E-state index contributed by atoms with van der Waals surface area (Å²) in [6.45, 7) is 3.57. The Labute approximate surface area is 255 Å². The molecule has 0 saturated carbocycles. The second-order valence-corrected chi connectivity index (χ2v) is 10.8. The molecule has 0 aliphatic carbocycles. The maximum Gasteiger partial charge on any atom is 0.323 e. The van der Waals surface area contributed by atoms with Gasteiger partial charge in [-0.25, -0.2) is 4.79 Å². The molecule has 6 nitrogen and oxygen atoms in total. The first-order valence-corrected chi connectivity index (χ1v) is 15.5. The van der Waals surface area contributed by atoms with E-state index in [-0.39, 0.29) is 23.0 Å². The summed E-state index contributed by atoms with van der Waals surface area (Å²) in [6, 6.07) is 13.0. The summed E-state index contributed by atoms with van der Waals surface area (Å²) in [7, 11) is 1.63. The fourth-order valence-electron chi connectivity index (χ4n) is 4.58. The number of carbonyl (C=O) groups excluding carboxylic acids is 1. The minimum atomic E-state index is -0.307. The number of halogens is 1. The maximum absolute atomic E-state index is 12.9. The van der Waals surface area contributed by atoms with Crippen LogP contribution >= 0.6 is 11.3 Å². The molecule has 0 bridgehead atoms. The van der Waals surface area contributed by atoms with Gasteiger partial charge in [-0.05, 0) is 24.6 Å². The van der Waals surface area contributed by atoms with Gasteiger partial charge in [0.1, 0.15) is 11.5 Å². The largest absolute Gasteiger partial charge is 1.00 e. The third-order valence-corrected chi connectivity index (χ3v) is 7.51. The van der Waals surface area contributed by atoms with Gasteiger partial charge in [-0.2, -0.15) is 4.57 Å². The molecule has 0 atom stereocenters. The second kappa shape index (κ2) is 20.3. The Morgan fingerprint density at radius 3 is 2.15 bits per heavy atom. The van der Waals surface area contributed by atoms with Gasteiger partial charge in [0, 0.05) is 11.6 Å². The van der Waals surface area contributed by atoms with Gasteiger partial charge in [-0.1, -0.05) is 107 Å². The number of anilines is 2. The van der Waals surface area contributed by atoms with E-state index in [1.165, 1.54) is 64.2 Å². The number of thiazole rings is 1. The first-order valence-electron chi connectivity index (χ1n) is 14.6. The highest BCUT2D eigenvalue weighted by atomic mass is 79.9. The Hall–Kier alpha value is -2.58. The fraction of sp³-hybridized carbons (Fsp3) is 0.500.